The van der Waals surface area contributed by atoms with Crippen LogP contribution >= 0.6 is 0 Å². The normalized spacial score (nSPS) is 22.6. The monoisotopic (exact) mass is 271 g/mol. The van der Waals surface area contributed by atoms with E-state index in [9.17, 15) is 5.26 Å². The predicted octanol–water partition coefficient (Wildman–Crippen LogP) is 3.29. The molecule has 1 aliphatic heterocycles. The van der Waals surface area contributed by atoms with Crippen molar-refractivity contribution in [1.29, 1.82) is 5.26 Å². The lowest BCUT2D eigenvalue weighted by molar-refractivity contribution is 0.363. The summed E-state index contributed by atoms with van der Waals surface area (Å²) in [5.41, 5.74) is 3.10. The summed E-state index contributed by atoms with van der Waals surface area (Å²) in [4.78, 5) is 2.41. The highest BCUT2D eigenvalue weighted by Gasteiger charge is 2.26. The molecule has 0 saturated carbocycles. The summed E-state index contributed by atoms with van der Waals surface area (Å²) >= 11 is 0. The quantitative estimate of drug-likeness (QED) is 0.913. The van der Waals surface area contributed by atoms with Gasteiger partial charge in [0.1, 0.15) is 6.07 Å². The third-order valence-corrected chi connectivity index (χ3v) is 4.44. The van der Waals surface area contributed by atoms with Crippen LogP contribution in [-0.2, 0) is 6.54 Å². The molecule has 1 fully saturated rings. The highest BCUT2D eigenvalue weighted by molar-refractivity contribution is 5.61. The molecule has 0 aliphatic carbocycles. The molecule has 2 rings (SSSR count). The van der Waals surface area contributed by atoms with Gasteiger partial charge in [-0.15, -0.1) is 0 Å². The maximum absolute atomic E-state index is 9.45. The predicted molar refractivity (Wildman–Crippen MR) is 83.7 cm³/mol. The number of benzene rings is 1. The fourth-order valence-corrected chi connectivity index (χ4v) is 2.98. The summed E-state index contributed by atoms with van der Waals surface area (Å²) in [7, 11) is 0. The van der Waals surface area contributed by atoms with Crippen LogP contribution < -0.4 is 10.2 Å². The van der Waals surface area contributed by atoms with Crippen LogP contribution in [0.2, 0.25) is 0 Å². The average molecular weight is 271 g/mol. The average Bonchev–Trinajstić information content (AvgIpc) is 2.48. The van der Waals surface area contributed by atoms with E-state index in [1.807, 2.05) is 6.07 Å². The standard InChI is InChI=1S/C17H25N3/c1-4-19-12-15-7-8-17(16(10-15)11-18)20-9-5-6-13(2)14(20)3/h7-8,10,13-14,19H,4-6,9,12H2,1-3H3. The molecular weight excluding hydrogens is 246 g/mol. The molecule has 1 aromatic carbocycles. The van der Waals surface area contributed by atoms with Gasteiger partial charge in [-0.1, -0.05) is 19.9 Å². The van der Waals surface area contributed by atoms with Gasteiger partial charge in [0, 0.05) is 19.1 Å². The molecule has 3 heteroatoms. The molecule has 1 aromatic rings. The van der Waals surface area contributed by atoms with E-state index in [0.717, 1.165) is 30.9 Å². The van der Waals surface area contributed by atoms with Gasteiger partial charge in [0.25, 0.3) is 0 Å². The Hall–Kier alpha value is -1.53. The van der Waals surface area contributed by atoms with Gasteiger partial charge < -0.3 is 10.2 Å². The molecule has 0 amide bonds. The molecule has 20 heavy (non-hydrogen) atoms. The minimum Gasteiger partial charge on any atom is -0.367 e. The van der Waals surface area contributed by atoms with Crippen molar-refractivity contribution in [3.8, 4) is 6.07 Å². The molecule has 108 valence electrons. The van der Waals surface area contributed by atoms with E-state index in [2.05, 4.69) is 49.2 Å². The number of hydrogen-bond donors (Lipinski definition) is 1. The molecule has 0 bridgehead atoms. The van der Waals surface area contributed by atoms with Crippen LogP contribution in [0.1, 0.15) is 44.7 Å². The molecule has 1 saturated heterocycles. The van der Waals surface area contributed by atoms with Crippen LogP contribution in [0.15, 0.2) is 18.2 Å². The minimum atomic E-state index is 0.510. The van der Waals surface area contributed by atoms with Crippen molar-refractivity contribution in [2.45, 2.75) is 46.2 Å². The van der Waals surface area contributed by atoms with E-state index >= 15 is 0 Å². The van der Waals surface area contributed by atoms with E-state index in [0.29, 0.717) is 12.0 Å². The molecule has 1 heterocycles. The number of nitrogens with one attached hydrogen (secondary N) is 1. The molecule has 3 nitrogen and oxygen atoms in total. The number of nitriles is 1. The third kappa shape index (κ3) is 3.13. The van der Waals surface area contributed by atoms with Crippen molar-refractivity contribution >= 4 is 5.69 Å². The number of anilines is 1. The van der Waals surface area contributed by atoms with E-state index in [1.54, 1.807) is 0 Å². The maximum Gasteiger partial charge on any atom is 0.101 e. The summed E-state index contributed by atoms with van der Waals surface area (Å²) in [5.74, 6) is 0.691. The first-order valence-corrected chi connectivity index (χ1v) is 7.67. The van der Waals surface area contributed by atoms with Gasteiger partial charge in [-0.2, -0.15) is 5.26 Å². The summed E-state index contributed by atoms with van der Waals surface area (Å²) in [6.45, 7) is 9.52. The van der Waals surface area contributed by atoms with Crippen molar-refractivity contribution < 1.29 is 0 Å². The second-order valence-electron chi connectivity index (χ2n) is 5.80. The van der Waals surface area contributed by atoms with Gasteiger partial charge in [-0.3, -0.25) is 0 Å². The van der Waals surface area contributed by atoms with Crippen LogP contribution in [0.4, 0.5) is 5.69 Å². The van der Waals surface area contributed by atoms with E-state index < -0.39 is 0 Å². The van der Waals surface area contributed by atoms with Crippen LogP contribution in [0.5, 0.6) is 0 Å². The van der Waals surface area contributed by atoms with E-state index in [4.69, 9.17) is 0 Å². The molecule has 2 atom stereocenters. The first-order chi connectivity index (χ1) is 9.67. The van der Waals surface area contributed by atoms with Gasteiger partial charge in [-0.05, 0) is 49.9 Å². The largest absolute Gasteiger partial charge is 0.367 e. The van der Waals surface area contributed by atoms with Crippen molar-refractivity contribution in [3.63, 3.8) is 0 Å². The summed E-state index contributed by atoms with van der Waals surface area (Å²) < 4.78 is 0. The highest BCUT2D eigenvalue weighted by Crippen LogP contribution is 2.31. The molecule has 2 unspecified atom stereocenters. The lowest BCUT2D eigenvalue weighted by Crippen LogP contribution is -2.42. The smallest absolute Gasteiger partial charge is 0.101 e. The van der Waals surface area contributed by atoms with Gasteiger partial charge in [0.05, 0.1) is 11.3 Å². The molecule has 1 aliphatic rings. The van der Waals surface area contributed by atoms with Gasteiger partial charge in [0.2, 0.25) is 0 Å². The molecular formula is C17H25N3. The van der Waals surface area contributed by atoms with Crippen LogP contribution in [0.25, 0.3) is 0 Å². The number of hydrogen-bond acceptors (Lipinski definition) is 3. The fourth-order valence-electron chi connectivity index (χ4n) is 2.98. The van der Waals surface area contributed by atoms with Crippen molar-refractivity contribution in [3.05, 3.63) is 29.3 Å². The van der Waals surface area contributed by atoms with Crippen LogP contribution in [0.3, 0.4) is 0 Å². The zero-order chi connectivity index (χ0) is 14.5. The maximum atomic E-state index is 9.45. The van der Waals surface area contributed by atoms with E-state index in [-0.39, 0.29) is 0 Å². The zero-order valence-electron chi connectivity index (χ0n) is 12.8. The molecule has 0 aromatic heterocycles. The Balaban J connectivity index is 2.25. The Morgan fingerprint density at radius 3 is 2.90 bits per heavy atom. The third-order valence-electron chi connectivity index (χ3n) is 4.44. The van der Waals surface area contributed by atoms with Crippen molar-refractivity contribution in [1.82, 2.24) is 5.32 Å². The topological polar surface area (TPSA) is 39.1 Å². The minimum absolute atomic E-state index is 0.510. The first-order valence-electron chi connectivity index (χ1n) is 7.67. The fraction of sp³-hybridized carbons (Fsp3) is 0.588. The molecule has 0 radical (unpaired) electrons. The number of piperidine rings is 1. The second kappa shape index (κ2) is 6.76. The Morgan fingerprint density at radius 2 is 2.20 bits per heavy atom. The Bertz CT molecular complexity index is 489. The second-order valence-corrected chi connectivity index (χ2v) is 5.80. The van der Waals surface area contributed by atoms with Gasteiger partial charge in [-0.25, -0.2) is 0 Å². The van der Waals surface area contributed by atoms with Crippen molar-refractivity contribution in [2.75, 3.05) is 18.0 Å². The Kier molecular flexibility index (Phi) is 5.03. The SMILES string of the molecule is CCNCc1ccc(N2CCCC(C)C2C)c(C#N)c1. The summed E-state index contributed by atoms with van der Waals surface area (Å²) in [6.07, 6.45) is 2.51. The lowest BCUT2D eigenvalue weighted by Gasteiger charge is -2.40. The van der Waals surface area contributed by atoms with E-state index in [1.165, 1.54) is 18.4 Å². The number of nitrogens with zero attached hydrogens (tertiary/aromatic N) is 2. The molecule has 1 N–H and O–H groups in total. The zero-order valence-corrected chi connectivity index (χ0v) is 12.8. The summed E-state index contributed by atoms with van der Waals surface area (Å²) in [6, 6.07) is 9.19. The highest BCUT2D eigenvalue weighted by atomic mass is 15.2. The van der Waals surface area contributed by atoms with Gasteiger partial charge >= 0.3 is 0 Å². The van der Waals surface area contributed by atoms with Crippen LogP contribution in [0, 0.1) is 17.2 Å². The summed E-state index contributed by atoms with van der Waals surface area (Å²) in [5, 5.41) is 12.8. The van der Waals surface area contributed by atoms with Crippen LogP contribution in [-0.4, -0.2) is 19.1 Å². The Labute approximate surface area is 122 Å². The number of rotatable bonds is 4. The lowest BCUT2D eigenvalue weighted by atomic mass is 9.91. The van der Waals surface area contributed by atoms with Crippen molar-refractivity contribution in [2.24, 2.45) is 5.92 Å². The first kappa shape index (κ1) is 14.9. The molecule has 0 spiro atoms. The Morgan fingerprint density at radius 1 is 1.40 bits per heavy atom. The van der Waals surface area contributed by atoms with Gasteiger partial charge in [0.15, 0.2) is 0 Å².